The van der Waals surface area contributed by atoms with E-state index in [1.807, 2.05) is 20.0 Å². The van der Waals surface area contributed by atoms with Crippen molar-refractivity contribution in [3.8, 4) is 0 Å². The molecule has 9 heteroatoms. The predicted octanol–water partition coefficient (Wildman–Crippen LogP) is 4.56. The van der Waals surface area contributed by atoms with Gasteiger partial charge in [0.25, 0.3) is 0 Å². The molecular weight excluding hydrogens is 500 g/mol. The van der Waals surface area contributed by atoms with E-state index < -0.39 is 0 Å². The molecule has 0 aliphatic carbocycles. The van der Waals surface area contributed by atoms with Gasteiger partial charge in [-0.1, -0.05) is 13.8 Å². The van der Waals surface area contributed by atoms with Crippen LogP contribution in [0.4, 0.5) is 5.82 Å². The first-order chi connectivity index (χ1) is 14.3. The van der Waals surface area contributed by atoms with Crippen LogP contribution < -0.4 is 4.90 Å². The lowest BCUT2D eigenvalue weighted by Gasteiger charge is -2.36. The van der Waals surface area contributed by atoms with Gasteiger partial charge in [-0.05, 0) is 52.9 Å². The summed E-state index contributed by atoms with van der Waals surface area (Å²) in [5.74, 6) is 1.07. The van der Waals surface area contributed by atoms with Crippen molar-refractivity contribution in [2.45, 2.75) is 39.5 Å². The summed E-state index contributed by atoms with van der Waals surface area (Å²) in [6, 6.07) is 4.24. The second-order valence-corrected chi connectivity index (χ2v) is 11.6. The maximum absolute atomic E-state index is 12.3. The van der Waals surface area contributed by atoms with E-state index in [0.29, 0.717) is 19.4 Å². The van der Waals surface area contributed by atoms with E-state index in [-0.39, 0.29) is 29.6 Å². The van der Waals surface area contributed by atoms with Gasteiger partial charge in [0.1, 0.15) is 5.82 Å². The minimum Gasteiger partial charge on any atom is -0.354 e. The first-order valence-corrected chi connectivity index (χ1v) is 12.3. The summed E-state index contributed by atoms with van der Waals surface area (Å²) < 4.78 is 2.40. The maximum Gasteiger partial charge on any atom is 0.229 e. The van der Waals surface area contributed by atoms with E-state index >= 15 is 0 Å². The Morgan fingerprint density at radius 2 is 1.71 bits per heavy atom. The number of amides is 2. The number of unbranched alkanes of at least 4 members (excludes halogenated alkanes) is 1. The Hall–Kier alpha value is -1.22. The minimum absolute atomic E-state index is 0. The second-order valence-electron chi connectivity index (χ2n) is 9.09. The van der Waals surface area contributed by atoms with Crippen molar-refractivity contribution in [1.82, 2.24) is 14.8 Å². The number of rotatable bonds is 6. The lowest BCUT2D eigenvalue weighted by Crippen LogP contribution is -2.47. The molecule has 170 valence electrons. The number of hydrogen-bond acceptors (Lipinski definition) is 6. The van der Waals surface area contributed by atoms with Gasteiger partial charge in [-0.15, -0.1) is 23.7 Å². The van der Waals surface area contributed by atoms with Crippen LogP contribution in [0.25, 0.3) is 10.1 Å². The van der Waals surface area contributed by atoms with Gasteiger partial charge in [-0.2, -0.15) is 0 Å². The average molecular weight is 530 g/mol. The average Bonchev–Trinajstić information content (AvgIpc) is 3.06. The van der Waals surface area contributed by atoms with Gasteiger partial charge in [0.2, 0.25) is 11.8 Å². The van der Waals surface area contributed by atoms with Crippen molar-refractivity contribution >= 4 is 67.4 Å². The number of carbonyl (C=O) groups is 2. The highest BCUT2D eigenvalue weighted by atomic mass is 79.9. The molecule has 0 unspecified atom stereocenters. The van der Waals surface area contributed by atoms with Crippen molar-refractivity contribution < 1.29 is 9.59 Å². The number of hydrogen-bond donors (Lipinski definition) is 0. The lowest BCUT2D eigenvalue weighted by atomic mass is 9.82. The van der Waals surface area contributed by atoms with Crippen molar-refractivity contribution in [3.05, 3.63) is 22.1 Å². The zero-order valence-electron chi connectivity index (χ0n) is 18.1. The smallest absolute Gasteiger partial charge is 0.229 e. The van der Waals surface area contributed by atoms with E-state index in [2.05, 4.69) is 42.8 Å². The molecule has 0 saturated carbocycles. The highest BCUT2D eigenvalue weighted by Gasteiger charge is 2.36. The third-order valence-corrected chi connectivity index (χ3v) is 7.64. The van der Waals surface area contributed by atoms with Gasteiger partial charge in [0.05, 0.1) is 3.79 Å². The Morgan fingerprint density at radius 1 is 1.06 bits per heavy atom. The van der Waals surface area contributed by atoms with Gasteiger partial charge in [-0.3, -0.25) is 19.4 Å². The number of thiophene rings is 1. The summed E-state index contributed by atoms with van der Waals surface area (Å²) in [5.41, 5.74) is -0.192. The van der Waals surface area contributed by atoms with Crippen molar-refractivity contribution in [2.24, 2.45) is 5.41 Å². The Bertz CT molecular complexity index is 923. The Balaban J connectivity index is 0.00000272. The van der Waals surface area contributed by atoms with Crippen LogP contribution in [0.3, 0.4) is 0 Å². The Kier molecular flexibility index (Phi) is 8.00. The number of carbonyl (C=O) groups excluding carboxylic acids is 2. The minimum atomic E-state index is -0.192. The van der Waals surface area contributed by atoms with Crippen LogP contribution >= 0.6 is 39.7 Å². The fourth-order valence-electron chi connectivity index (χ4n) is 4.42. The molecule has 2 fully saturated rings. The molecule has 4 heterocycles. The van der Waals surface area contributed by atoms with Crippen molar-refractivity contribution in [2.75, 3.05) is 44.2 Å². The van der Waals surface area contributed by atoms with E-state index in [1.54, 1.807) is 11.3 Å². The first-order valence-electron chi connectivity index (χ1n) is 10.7. The van der Waals surface area contributed by atoms with Crippen LogP contribution in [0.2, 0.25) is 0 Å². The molecule has 0 aromatic carbocycles. The van der Waals surface area contributed by atoms with Gasteiger partial charge in [0.15, 0.2) is 0 Å². The molecular formula is C22H30BrClN4O2S. The van der Waals surface area contributed by atoms with Gasteiger partial charge < -0.3 is 4.90 Å². The monoisotopic (exact) mass is 528 g/mol. The molecule has 2 aromatic heterocycles. The number of fused-ring (bicyclic) bond motifs is 1. The maximum atomic E-state index is 12.3. The van der Waals surface area contributed by atoms with Gasteiger partial charge in [-0.25, -0.2) is 4.98 Å². The SMILES string of the molecule is CC1(C)CC(=O)N(CCCCN2CCN(c3nccc4sc(Br)cc34)CC2)C(=O)C1.Cl. The second kappa shape index (κ2) is 10.1. The summed E-state index contributed by atoms with van der Waals surface area (Å²) in [7, 11) is 0. The topological polar surface area (TPSA) is 56.8 Å². The molecule has 2 amide bonds. The summed E-state index contributed by atoms with van der Waals surface area (Å²) >= 11 is 5.33. The van der Waals surface area contributed by atoms with Crippen LogP contribution in [0, 0.1) is 5.41 Å². The summed E-state index contributed by atoms with van der Waals surface area (Å²) in [6.07, 6.45) is 4.73. The van der Waals surface area contributed by atoms with Crippen LogP contribution in [0.1, 0.15) is 39.5 Å². The predicted molar refractivity (Wildman–Crippen MR) is 132 cm³/mol. The molecule has 6 nitrogen and oxygen atoms in total. The van der Waals surface area contributed by atoms with Crippen molar-refractivity contribution in [3.63, 3.8) is 0 Å². The normalized spacial score (nSPS) is 19.7. The zero-order valence-corrected chi connectivity index (χ0v) is 21.3. The zero-order chi connectivity index (χ0) is 21.3. The Labute approximate surface area is 202 Å². The number of anilines is 1. The molecule has 0 N–H and O–H groups in total. The summed E-state index contributed by atoms with van der Waals surface area (Å²) in [5, 5.41) is 1.22. The fraction of sp³-hybridized carbons (Fsp3) is 0.591. The third kappa shape index (κ3) is 5.78. The molecule has 0 spiro atoms. The molecule has 0 atom stereocenters. The van der Waals surface area contributed by atoms with E-state index in [9.17, 15) is 9.59 Å². The molecule has 0 radical (unpaired) electrons. The van der Waals surface area contributed by atoms with E-state index in [4.69, 9.17) is 0 Å². The number of pyridine rings is 1. The largest absolute Gasteiger partial charge is 0.354 e. The van der Waals surface area contributed by atoms with E-state index in [0.717, 1.165) is 55.2 Å². The summed E-state index contributed by atoms with van der Waals surface area (Å²) in [4.78, 5) is 35.5. The molecule has 31 heavy (non-hydrogen) atoms. The highest BCUT2D eigenvalue weighted by molar-refractivity contribution is 9.11. The number of piperazine rings is 1. The van der Waals surface area contributed by atoms with Crippen LogP contribution in [-0.2, 0) is 9.59 Å². The Morgan fingerprint density at radius 3 is 2.39 bits per heavy atom. The molecule has 2 saturated heterocycles. The van der Waals surface area contributed by atoms with Crippen LogP contribution in [0.15, 0.2) is 22.1 Å². The number of piperidine rings is 1. The molecule has 0 bridgehead atoms. The quantitative estimate of drug-likeness (QED) is 0.406. The molecule has 2 aliphatic heterocycles. The number of nitrogens with zero attached hydrogens (tertiary/aromatic N) is 4. The van der Waals surface area contributed by atoms with Crippen LogP contribution in [0.5, 0.6) is 0 Å². The number of likely N-dealkylation sites (tertiary alicyclic amines) is 1. The van der Waals surface area contributed by atoms with Crippen molar-refractivity contribution in [1.29, 1.82) is 0 Å². The standard InChI is InChI=1S/C22H29BrN4O2S.ClH/c1-22(2)14-19(28)27(20(29)15-22)8-4-3-7-25-9-11-26(12-10-25)21-16-13-18(23)30-17(16)5-6-24-21;/h5-6,13H,3-4,7-12,14-15H2,1-2H3;1H. The summed E-state index contributed by atoms with van der Waals surface area (Å²) in [6.45, 7) is 9.53. The van der Waals surface area contributed by atoms with Gasteiger partial charge >= 0.3 is 0 Å². The van der Waals surface area contributed by atoms with Crippen LogP contribution in [-0.4, -0.2) is 65.9 Å². The molecule has 2 aliphatic rings. The third-order valence-electron chi connectivity index (χ3n) is 6.03. The number of aromatic nitrogens is 1. The fourth-order valence-corrected chi connectivity index (χ4v) is 5.95. The lowest BCUT2D eigenvalue weighted by molar-refractivity contribution is -0.152. The van der Waals surface area contributed by atoms with Gasteiger partial charge in [0, 0.05) is 61.8 Å². The molecule has 2 aromatic rings. The number of imide groups is 1. The number of halogens is 2. The first kappa shape index (κ1) is 24.4. The highest BCUT2D eigenvalue weighted by Crippen LogP contribution is 2.35. The molecule has 4 rings (SSSR count). The van der Waals surface area contributed by atoms with E-state index in [1.165, 1.54) is 15.0 Å².